The third-order valence-electron chi connectivity index (χ3n) is 3.94. The van der Waals surface area contributed by atoms with Crippen molar-refractivity contribution in [3.63, 3.8) is 0 Å². The summed E-state index contributed by atoms with van der Waals surface area (Å²) in [6, 6.07) is 13.3. The van der Waals surface area contributed by atoms with E-state index in [1.807, 2.05) is 18.2 Å². The van der Waals surface area contributed by atoms with Gasteiger partial charge in [0.1, 0.15) is 5.75 Å². The number of amides is 1. The van der Waals surface area contributed by atoms with Crippen LogP contribution in [0.1, 0.15) is 6.92 Å². The first-order valence-corrected chi connectivity index (χ1v) is 9.78. The van der Waals surface area contributed by atoms with Crippen LogP contribution >= 0.6 is 11.6 Å². The van der Waals surface area contributed by atoms with Gasteiger partial charge in [0.25, 0.3) is 0 Å². The Morgan fingerprint density at radius 3 is 2.35 bits per heavy atom. The van der Waals surface area contributed by atoms with Gasteiger partial charge in [-0.05, 0) is 30.3 Å². The highest BCUT2D eigenvalue weighted by Crippen LogP contribution is 2.28. The van der Waals surface area contributed by atoms with Crippen molar-refractivity contribution in [1.82, 2.24) is 4.31 Å². The summed E-state index contributed by atoms with van der Waals surface area (Å²) in [5.74, 6) is 0.0507. The lowest BCUT2D eigenvalue weighted by molar-refractivity contribution is -0.118. The molecule has 0 fully saturated rings. The van der Waals surface area contributed by atoms with Crippen molar-refractivity contribution in [1.29, 1.82) is 0 Å². The van der Waals surface area contributed by atoms with Gasteiger partial charge >= 0.3 is 0 Å². The van der Waals surface area contributed by atoms with Crippen molar-refractivity contribution in [2.24, 2.45) is 0 Å². The highest BCUT2D eigenvalue weighted by Gasteiger charge is 2.27. The third kappa shape index (κ3) is 4.35. The molecule has 0 aliphatic carbocycles. The monoisotopic (exact) mass is 396 g/mol. The predicted octanol–water partition coefficient (Wildman–Crippen LogP) is 3.02. The fourth-order valence-electron chi connectivity index (χ4n) is 2.38. The van der Waals surface area contributed by atoms with E-state index in [1.165, 1.54) is 30.2 Å². The molecule has 26 heavy (non-hydrogen) atoms. The molecule has 0 aliphatic rings. The van der Waals surface area contributed by atoms with Crippen molar-refractivity contribution in [2.75, 3.05) is 32.1 Å². The number of methoxy groups -OCH3 is 1. The molecule has 0 spiro atoms. The number of carbonyl (C=O) groups is 1. The number of sulfonamides is 1. The predicted molar refractivity (Wildman–Crippen MR) is 102 cm³/mol. The third-order valence-corrected chi connectivity index (χ3v) is 6.16. The minimum Gasteiger partial charge on any atom is -0.495 e. The van der Waals surface area contributed by atoms with Crippen molar-refractivity contribution in [3.8, 4) is 5.75 Å². The van der Waals surface area contributed by atoms with Gasteiger partial charge in [0.2, 0.25) is 15.9 Å². The van der Waals surface area contributed by atoms with E-state index in [9.17, 15) is 13.2 Å². The first-order valence-electron chi connectivity index (χ1n) is 7.96. The molecule has 0 saturated carbocycles. The molecule has 0 saturated heterocycles. The van der Waals surface area contributed by atoms with Crippen molar-refractivity contribution >= 4 is 33.2 Å². The molecular formula is C18H21ClN2O4S. The van der Waals surface area contributed by atoms with Crippen molar-refractivity contribution in [3.05, 3.63) is 53.6 Å². The van der Waals surface area contributed by atoms with E-state index in [0.717, 1.165) is 4.31 Å². The lowest BCUT2D eigenvalue weighted by atomic mass is 10.3. The number of hydrogen-bond donors (Lipinski definition) is 0. The van der Waals surface area contributed by atoms with Gasteiger partial charge in [0.05, 0.1) is 23.6 Å². The highest BCUT2D eigenvalue weighted by molar-refractivity contribution is 7.89. The highest BCUT2D eigenvalue weighted by atomic mass is 35.5. The Morgan fingerprint density at radius 2 is 1.81 bits per heavy atom. The Bertz CT molecular complexity index is 872. The fraction of sp³-hybridized carbons (Fsp3) is 0.278. The first kappa shape index (κ1) is 20.2. The molecule has 0 N–H and O–H groups in total. The van der Waals surface area contributed by atoms with Gasteiger partial charge in [-0.3, -0.25) is 4.79 Å². The summed E-state index contributed by atoms with van der Waals surface area (Å²) in [5.41, 5.74) is 0.693. The molecule has 0 atom stereocenters. The molecule has 0 radical (unpaired) electrons. The Balaban J connectivity index is 2.23. The summed E-state index contributed by atoms with van der Waals surface area (Å²) in [7, 11) is -0.800. The standard InChI is InChI=1S/C18H21ClN2O4S/c1-4-21(13-18(22)20(2)14-8-6-5-7-9-14)26(23,24)15-10-11-17(25-3)16(19)12-15/h5-12H,4,13H2,1-3H3. The number of nitrogens with zero attached hydrogens (tertiary/aromatic N) is 2. The van der Waals surface area contributed by atoms with Gasteiger partial charge in [-0.1, -0.05) is 36.7 Å². The zero-order chi connectivity index (χ0) is 19.3. The summed E-state index contributed by atoms with van der Waals surface area (Å²) in [5, 5.41) is 0.192. The number of carbonyl (C=O) groups excluding carboxylic acids is 1. The second-order valence-electron chi connectivity index (χ2n) is 5.52. The number of para-hydroxylation sites is 1. The minimum absolute atomic E-state index is 0.0142. The van der Waals surface area contributed by atoms with Crippen molar-refractivity contribution in [2.45, 2.75) is 11.8 Å². The molecule has 0 unspecified atom stereocenters. The maximum absolute atomic E-state index is 12.9. The van der Waals surface area contributed by atoms with Crippen LogP contribution in [0.25, 0.3) is 0 Å². The Labute approximate surface area is 159 Å². The molecule has 0 aromatic heterocycles. The number of ether oxygens (including phenoxy) is 1. The summed E-state index contributed by atoms with van der Waals surface area (Å²) >= 11 is 6.04. The normalized spacial score (nSPS) is 11.4. The Hall–Kier alpha value is -2.09. The number of rotatable bonds is 7. The fourth-order valence-corrected chi connectivity index (χ4v) is 4.12. The number of likely N-dealkylation sites (N-methyl/N-ethyl adjacent to an activating group) is 2. The van der Waals surface area contributed by atoms with Crippen LogP contribution in [0.15, 0.2) is 53.4 Å². The van der Waals surface area contributed by atoms with E-state index >= 15 is 0 Å². The molecule has 6 nitrogen and oxygen atoms in total. The second-order valence-corrected chi connectivity index (χ2v) is 7.86. The van der Waals surface area contributed by atoms with Crippen LogP contribution in [-0.2, 0) is 14.8 Å². The van der Waals surface area contributed by atoms with Gasteiger partial charge in [0.15, 0.2) is 0 Å². The topological polar surface area (TPSA) is 66.9 Å². The molecule has 1 amide bonds. The summed E-state index contributed by atoms with van der Waals surface area (Å²) < 4.78 is 31.9. The Morgan fingerprint density at radius 1 is 1.15 bits per heavy atom. The molecule has 8 heteroatoms. The van der Waals surface area contributed by atoms with Crippen molar-refractivity contribution < 1.29 is 17.9 Å². The number of anilines is 1. The van der Waals surface area contributed by atoms with Gasteiger partial charge in [0, 0.05) is 19.3 Å². The average Bonchev–Trinajstić information content (AvgIpc) is 2.65. The molecule has 2 rings (SSSR count). The quantitative estimate of drug-likeness (QED) is 0.721. The van der Waals surface area contributed by atoms with Gasteiger partial charge in [-0.15, -0.1) is 0 Å². The van der Waals surface area contributed by atoms with Crippen LogP contribution < -0.4 is 9.64 Å². The molecule has 140 valence electrons. The van der Waals surface area contributed by atoms with E-state index in [0.29, 0.717) is 11.4 Å². The minimum atomic E-state index is -3.86. The van der Waals surface area contributed by atoms with E-state index in [2.05, 4.69) is 0 Å². The maximum atomic E-state index is 12.9. The number of hydrogen-bond acceptors (Lipinski definition) is 4. The number of halogens is 1. The van der Waals surface area contributed by atoms with Gasteiger partial charge < -0.3 is 9.64 Å². The molecular weight excluding hydrogens is 376 g/mol. The maximum Gasteiger partial charge on any atom is 0.243 e. The zero-order valence-corrected chi connectivity index (χ0v) is 16.4. The van der Waals surface area contributed by atoms with E-state index in [4.69, 9.17) is 16.3 Å². The molecule has 0 aliphatic heterocycles. The van der Waals surface area contributed by atoms with Gasteiger partial charge in [-0.2, -0.15) is 4.31 Å². The average molecular weight is 397 g/mol. The second kappa shape index (κ2) is 8.53. The first-order chi connectivity index (χ1) is 12.3. The lowest BCUT2D eigenvalue weighted by Gasteiger charge is -2.24. The van der Waals surface area contributed by atoms with E-state index in [1.54, 1.807) is 26.1 Å². The SMILES string of the molecule is CCN(CC(=O)N(C)c1ccccc1)S(=O)(=O)c1ccc(OC)c(Cl)c1. The summed E-state index contributed by atoms with van der Waals surface area (Å²) in [6.07, 6.45) is 0. The van der Waals surface area contributed by atoms with E-state index in [-0.39, 0.29) is 28.9 Å². The lowest BCUT2D eigenvalue weighted by Crippen LogP contribution is -2.41. The zero-order valence-electron chi connectivity index (χ0n) is 14.8. The molecule has 0 bridgehead atoms. The smallest absolute Gasteiger partial charge is 0.243 e. The molecule has 0 heterocycles. The van der Waals surface area contributed by atoms with Crippen LogP contribution in [0.3, 0.4) is 0 Å². The van der Waals surface area contributed by atoms with Crippen LogP contribution in [0.4, 0.5) is 5.69 Å². The van der Waals surface area contributed by atoms with Crippen LogP contribution in [-0.4, -0.2) is 45.9 Å². The molecule has 2 aromatic carbocycles. The largest absolute Gasteiger partial charge is 0.495 e. The van der Waals surface area contributed by atoms with E-state index < -0.39 is 10.0 Å². The van der Waals surface area contributed by atoms with Crippen LogP contribution in [0.5, 0.6) is 5.75 Å². The van der Waals surface area contributed by atoms with Crippen LogP contribution in [0.2, 0.25) is 5.02 Å². The summed E-state index contributed by atoms with van der Waals surface area (Å²) in [6.45, 7) is 1.56. The van der Waals surface area contributed by atoms with Crippen LogP contribution in [0, 0.1) is 0 Å². The number of benzene rings is 2. The summed E-state index contributed by atoms with van der Waals surface area (Å²) in [4.78, 5) is 14.0. The molecule has 2 aromatic rings. The van der Waals surface area contributed by atoms with Gasteiger partial charge in [-0.25, -0.2) is 8.42 Å². The Kier molecular flexibility index (Phi) is 6.63.